The van der Waals surface area contributed by atoms with Gasteiger partial charge in [0.2, 0.25) is 0 Å². The molecule has 0 radical (unpaired) electrons. The smallest absolute Gasteiger partial charge is 0.357 e. The topological polar surface area (TPSA) is 77.5 Å². The van der Waals surface area contributed by atoms with E-state index in [0.29, 0.717) is 18.3 Å². The number of carbonyl (C=O) groups excluding carboxylic acids is 2. The molecule has 0 aliphatic carbocycles. The molecule has 0 saturated carbocycles. The summed E-state index contributed by atoms with van der Waals surface area (Å²) in [5.41, 5.74) is 0.239. The van der Waals surface area contributed by atoms with E-state index in [1.54, 1.807) is 19.2 Å². The number of carbonyl (C=O) groups is 2. The fourth-order valence-electron chi connectivity index (χ4n) is 1.01. The Morgan fingerprint density at radius 1 is 1.35 bits per heavy atom. The Labute approximate surface area is 103 Å². The Balaban J connectivity index is 2.45. The van der Waals surface area contributed by atoms with Gasteiger partial charge in [0.05, 0.1) is 13.2 Å². The number of nitrogens with zero attached hydrogens (tertiary/aromatic N) is 1. The SMILES string of the molecule is CCOC(=O)CNc1nc(C(=O)OCC)cs1. The molecule has 0 unspecified atom stereocenters. The first kappa shape index (κ1) is 13.4. The van der Waals surface area contributed by atoms with E-state index in [4.69, 9.17) is 9.47 Å². The summed E-state index contributed by atoms with van der Waals surface area (Å²) in [7, 11) is 0. The first-order chi connectivity index (χ1) is 8.17. The predicted molar refractivity (Wildman–Crippen MR) is 63.2 cm³/mol. The van der Waals surface area contributed by atoms with Gasteiger partial charge in [-0.2, -0.15) is 0 Å². The minimum absolute atomic E-state index is 0.0314. The van der Waals surface area contributed by atoms with Gasteiger partial charge in [-0.05, 0) is 13.8 Å². The molecule has 1 heterocycles. The van der Waals surface area contributed by atoms with E-state index in [-0.39, 0.29) is 18.2 Å². The molecular weight excluding hydrogens is 244 g/mol. The van der Waals surface area contributed by atoms with Crippen molar-refractivity contribution in [1.82, 2.24) is 4.98 Å². The second-order valence-electron chi connectivity index (χ2n) is 2.92. The van der Waals surface area contributed by atoms with Gasteiger partial charge in [-0.25, -0.2) is 9.78 Å². The van der Waals surface area contributed by atoms with Crippen LogP contribution in [0.2, 0.25) is 0 Å². The molecule has 1 aromatic heterocycles. The molecule has 0 amide bonds. The molecule has 0 fully saturated rings. The predicted octanol–water partition coefficient (Wildman–Crippen LogP) is 1.29. The van der Waals surface area contributed by atoms with E-state index in [2.05, 4.69) is 10.3 Å². The average Bonchev–Trinajstić information content (AvgIpc) is 2.76. The van der Waals surface area contributed by atoms with E-state index in [9.17, 15) is 9.59 Å². The third-order valence-electron chi connectivity index (χ3n) is 1.68. The molecule has 0 saturated heterocycles. The van der Waals surface area contributed by atoms with Crippen LogP contribution in [-0.4, -0.2) is 36.7 Å². The van der Waals surface area contributed by atoms with Gasteiger partial charge in [0.25, 0.3) is 0 Å². The lowest BCUT2D eigenvalue weighted by Crippen LogP contribution is -2.16. The maximum atomic E-state index is 11.3. The number of nitrogens with one attached hydrogen (secondary N) is 1. The normalized spacial score (nSPS) is 9.76. The van der Waals surface area contributed by atoms with Crippen molar-refractivity contribution in [2.24, 2.45) is 0 Å². The van der Waals surface area contributed by atoms with E-state index >= 15 is 0 Å². The molecule has 0 aliphatic rings. The van der Waals surface area contributed by atoms with Gasteiger partial charge in [0.1, 0.15) is 6.54 Å². The summed E-state index contributed by atoms with van der Waals surface area (Å²) in [5, 5.41) is 4.83. The molecule has 6 nitrogen and oxygen atoms in total. The number of anilines is 1. The van der Waals surface area contributed by atoms with Crippen LogP contribution in [0.1, 0.15) is 24.3 Å². The number of ether oxygens (including phenoxy) is 2. The van der Waals surface area contributed by atoms with Gasteiger partial charge < -0.3 is 14.8 Å². The number of hydrogen-bond acceptors (Lipinski definition) is 7. The number of esters is 2. The summed E-state index contributed by atoms with van der Waals surface area (Å²) < 4.78 is 9.53. The molecule has 94 valence electrons. The molecule has 0 aliphatic heterocycles. The molecular formula is C10H14N2O4S. The maximum Gasteiger partial charge on any atom is 0.357 e. The van der Waals surface area contributed by atoms with Crippen molar-refractivity contribution in [3.05, 3.63) is 11.1 Å². The zero-order valence-corrected chi connectivity index (χ0v) is 10.5. The van der Waals surface area contributed by atoms with Crippen molar-refractivity contribution < 1.29 is 19.1 Å². The maximum absolute atomic E-state index is 11.3. The van der Waals surface area contributed by atoms with Gasteiger partial charge in [-0.1, -0.05) is 0 Å². The first-order valence-corrected chi connectivity index (χ1v) is 6.07. The van der Waals surface area contributed by atoms with Crippen molar-refractivity contribution in [3.63, 3.8) is 0 Å². The lowest BCUT2D eigenvalue weighted by Gasteiger charge is -2.01. The minimum Gasteiger partial charge on any atom is -0.465 e. The highest BCUT2D eigenvalue weighted by atomic mass is 32.1. The lowest BCUT2D eigenvalue weighted by molar-refractivity contribution is -0.140. The molecule has 7 heteroatoms. The summed E-state index contributed by atoms with van der Waals surface area (Å²) in [6, 6.07) is 0. The highest BCUT2D eigenvalue weighted by molar-refractivity contribution is 7.13. The number of thiazole rings is 1. The van der Waals surface area contributed by atoms with Crippen molar-refractivity contribution in [1.29, 1.82) is 0 Å². The number of rotatable bonds is 6. The monoisotopic (exact) mass is 258 g/mol. The Bertz CT molecular complexity index is 391. The third-order valence-corrected chi connectivity index (χ3v) is 2.48. The van der Waals surface area contributed by atoms with Crippen molar-refractivity contribution in [3.8, 4) is 0 Å². The lowest BCUT2D eigenvalue weighted by atomic mass is 10.5. The van der Waals surface area contributed by atoms with Crippen molar-refractivity contribution >= 4 is 28.4 Å². The van der Waals surface area contributed by atoms with E-state index in [1.807, 2.05) is 0 Å². The van der Waals surface area contributed by atoms with Gasteiger partial charge >= 0.3 is 11.9 Å². The van der Waals surface area contributed by atoms with Gasteiger partial charge in [0.15, 0.2) is 10.8 Å². The molecule has 0 aromatic carbocycles. The van der Waals surface area contributed by atoms with Crippen LogP contribution in [-0.2, 0) is 14.3 Å². The van der Waals surface area contributed by atoms with Crippen molar-refractivity contribution in [2.45, 2.75) is 13.8 Å². The molecule has 0 spiro atoms. The van der Waals surface area contributed by atoms with E-state index < -0.39 is 5.97 Å². The van der Waals surface area contributed by atoms with Crippen LogP contribution in [0.15, 0.2) is 5.38 Å². The fourth-order valence-corrected chi connectivity index (χ4v) is 1.69. The largest absolute Gasteiger partial charge is 0.465 e. The quantitative estimate of drug-likeness (QED) is 0.775. The first-order valence-electron chi connectivity index (χ1n) is 5.19. The Morgan fingerprint density at radius 2 is 2.06 bits per heavy atom. The van der Waals surface area contributed by atoms with E-state index in [1.165, 1.54) is 11.3 Å². The Hall–Kier alpha value is -1.63. The molecule has 1 rings (SSSR count). The van der Waals surface area contributed by atoms with Crippen LogP contribution in [0.5, 0.6) is 0 Å². The standard InChI is InChI=1S/C10H14N2O4S/c1-3-15-8(13)5-11-10-12-7(6-17-10)9(14)16-4-2/h6H,3-5H2,1-2H3,(H,11,12). The van der Waals surface area contributed by atoms with Crippen LogP contribution in [0.25, 0.3) is 0 Å². The van der Waals surface area contributed by atoms with Crippen molar-refractivity contribution in [2.75, 3.05) is 25.1 Å². The highest BCUT2D eigenvalue weighted by Crippen LogP contribution is 2.15. The van der Waals surface area contributed by atoms with Gasteiger partial charge in [0, 0.05) is 5.38 Å². The van der Waals surface area contributed by atoms with Gasteiger partial charge in [-0.15, -0.1) is 11.3 Å². The van der Waals surface area contributed by atoms with Crippen LogP contribution in [0.4, 0.5) is 5.13 Å². The van der Waals surface area contributed by atoms with E-state index in [0.717, 1.165) is 0 Å². The second-order valence-corrected chi connectivity index (χ2v) is 3.78. The average molecular weight is 258 g/mol. The Kier molecular flexibility index (Phi) is 5.41. The molecule has 17 heavy (non-hydrogen) atoms. The summed E-state index contributed by atoms with van der Waals surface area (Å²) in [5.74, 6) is -0.826. The number of hydrogen-bond donors (Lipinski definition) is 1. The summed E-state index contributed by atoms with van der Waals surface area (Å²) in [6.07, 6.45) is 0. The molecule has 0 bridgehead atoms. The molecule has 1 N–H and O–H groups in total. The Morgan fingerprint density at radius 3 is 2.71 bits per heavy atom. The highest BCUT2D eigenvalue weighted by Gasteiger charge is 2.12. The van der Waals surface area contributed by atoms with Crippen LogP contribution in [0.3, 0.4) is 0 Å². The molecule has 1 aromatic rings. The van der Waals surface area contributed by atoms with Gasteiger partial charge in [-0.3, -0.25) is 4.79 Å². The third kappa shape index (κ3) is 4.39. The number of aromatic nitrogens is 1. The summed E-state index contributed by atoms with van der Waals surface area (Å²) in [6.45, 7) is 4.14. The van der Waals surface area contributed by atoms with Crippen LogP contribution >= 0.6 is 11.3 Å². The second kappa shape index (κ2) is 6.85. The fraction of sp³-hybridized carbons (Fsp3) is 0.500. The van der Waals surface area contributed by atoms with Crippen LogP contribution < -0.4 is 5.32 Å². The van der Waals surface area contributed by atoms with Crippen LogP contribution in [0, 0.1) is 0 Å². The minimum atomic E-state index is -0.465. The molecule has 0 atom stereocenters. The summed E-state index contributed by atoms with van der Waals surface area (Å²) >= 11 is 1.23. The zero-order valence-electron chi connectivity index (χ0n) is 9.69. The summed E-state index contributed by atoms with van der Waals surface area (Å²) in [4.78, 5) is 26.3. The zero-order chi connectivity index (χ0) is 12.7.